The first-order valence-corrected chi connectivity index (χ1v) is 10.6. The normalized spacial score (nSPS) is 25.6. The number of imide groups is 1. The number of hydrogen-bond donors (Lipinski definition) is 3. The lowest BCUT2D eigenvalue weighted by Crippen LogP contribution is -2.53. The molecule has 6 nitrogen and oxygen atoms in total. The van der Waals surface area contributed by atoms with Crippen LogP contribution in [0.2, 0.25) is 0 Å². The van der Waals surface area contributed by atoms with Crippen LogP contribution >= 0.6 is 0 Å². The van der Waals surface area contributed by atoms with Crippen LogP contribution in [-0.2, 0) is 21.9 Å². The summed E-state index contributed by atoms with van der Waals surface area (Å²) in [5.74, 6) is -1.14. The van der Waals surface area contributed by atoms with Crippen LogP contribution in [0.1, 0.15) is 41.2 Å². The Balaban J connectivity index is 1.59. The lowest BCUT2D eigenvalue weighted by Gasteiger charge is -2.31. The van der Waals surface area contributed by atoms with E-state index in [0.717, 1.165) is 0 Å². The van der Waals surface area contributed by atoms with Crippen molar-refractivity contribution in [2.75, 3.05) is 13.2 Å². The van der Waals surface area contributed by atoms with Crippen LogP contribution in [0.4, 0.5) is 31.1 Å². The maximum absolute atomic E-state index is 13.2. The summed E-state index contributed by atoms with van der Waals surface area (Å²) in [5, 5.41) is 7.98. The zero-order chi connectivity index (χ0) is 25.6. The fourth-order valence-corrected chi connectivity index (χ4v) is 4.60. The van der Waals surface area contributed by atoms with Gasteiger partial charge < -0.3 is 15.4 Å². The predicted molar refractivity (Wildman–Crippen MR) is 111 cm³/mol. The van der Waals surface area contributed by atoms with Crippen molar-refractivity contribution in [2.24, 2.45) is 0 Å². The number of urea groups is 1. The van der Waals surface area contributed by atoms with Gasteiger partial charge in [0.15, 0.2) is 0 Å². The Morgan fingerprint density at radius 1 is 1.00 bits per heavy atom. The van der Waals surface area contributed by atoms with Crippen molar-refractivity contribution in [3.8, 4) is 0 Å². The first-order valence-electron chi connectivity index (χ1n) is 10.6. The van der Waals surface area contributed by atoms with Gasteiger partial charge in [-0.05, 0) is 36.2 Å². The number of benzene rings is 2. The first kappa shape index (κ1) is 25.0. The minimum absolute atomic E-state index is 0.0608. The quantitative estimate of drug-likeness (QED) is 0.425. The van der Waals surface area contributed by atoms with Gasteiger partial charge in [-0.25, -0.2) is 4.79 Å². The fraction of sp³-hybridized carbons (Fsp3) is 0.391. The molecule has 0 aliphatic carbocycles. The summed E-state index contributed by atoms with van der Waals surface area (Å²) >= 11 is 0. The molecule has 1 spiro atoms. The van der Waals surface area contributed by atoms with E-state index in [1.165, 1.54) is 6.92 Å². The lowest BCUT2D eigenvalue weighted by molar-refractivity contribution is -0.143. The smallest absolute Gasteiger partial charge is 0.372 e. The number of carbonyl (C=O) groups excluding carboxylic acids is 2. The molecule has 0 saturated carbocycles. The molecule has 188 valence electrons. The van der Waals surface area contributed by atoms with E-state index in [0.29, 0.717) is 17.7 Å². The maximum Gasteiger partial charge on any atom is 0.416 e. The highest BCUT2D eigenvalue weighted by Crippen LogP contribution is 2.40. The summed E-state index contributed by atoms with van der Waals surface area (Å²) in [6.07, 6.45) is -11.1. The number of nitrogens with one attached hydrogen (secondary N) is 3. The highest BCUT2D eigenvalue weighted by Gasteiger charge is 2.58. The van der Waals surface area contributed by atoms with Gasteiger partial charge in [0.05, 0.1) is 23.8 Å². The molecule has 3 unspecified atom stereocenters. The second-order valence-electron chi connectivity index (χ2n) is 8.57. The number of amides is 3. The Hall–Kier alpha value is -3.12. The molecule has 2 fully saturated rings. The molecule has 3 amide bonds. The molecule has 0 radical (unpaired) electrons. The Bertz CT molecular complexity index is 1090. The third-order valence-electron chi connectivity index (χ3n) is 6.31. The van der Waals surface area contributed by atoms with E-state index in [1.807, 2.05) is 0 Å². The monoisotopic (exact) mass is 501 g/mol. The number of ether oxygens (including phenoxy) is 1. The van der Waals surface area contributed by atoms with Gasteiger partial charge in [0, 0.05) is 18.5 Å². The van der Waals surface area contributed by atoms with E-state index in [4.69, 9.17) is 4.74 Å². The van der Waals surface area contributed by atoms with Crippen molar-refractivity contribution in [2.45, 2.75) is 42.9 Å². The van der Waals surface area contributed by atoms with Crippen molar-refractivity contribution in [3.63, 3.8) is 0 Å². The zero-order valence-corrected chi connectivity index (χ0v) is 18.3. The third-order valence-corrected chi connectivity index (χ3v) is 6.31. The van der Waals surface area contributed by atoms with E-state index in [1.54, 1.807) is 30.3 Å². The first-order chi connectivity index (χ1) is 16.3. The number of rotatable bonds is 5. The molecular formula is C23H21F6N3O3. The van der Waals surface area contributed by atoms with Crippen LogP contribution in [0.25, 0.3) is 0 Å². The van der Waals surface area contributed by atoms with Gasteiger partial charge in [-0.3, -0.25) is 10.1 Å². The van der Waals surface area contributed by atoms with Gasteiger partial charge >= 0.3 is 18.4 Å². The van der Waals surface area contributed by atoms with Crippen molar-refractivity contribution >= 4 is 11.9 Å². The molecule has 2 aliphatic heterocycles. The van der Waals surface area contributed by atoms with E-state index >= 15 is 0 Å². The van der Waals surface area contributed by atoms with Crippen LogP contribution in [0, 0.1) is 0 Å². The van der Waals surface area contributed by atoms with Crippen molar-refractivity contribution in [3.05, 3.63) is 70.8 Å². The lowest BCUT2D eigenvalue weighted by atomic mass is 9.78. The Morgan fingerprint density at radius 3 is 2.11 bits per heavy atom. The van der Waals surface area contributed by atoms with Crippen LogP contribution in [0.3, 0.4) is 0 Å². The fourth-order valence-electron chi connectivity index (χ4n) is 4.60. The van der Waals surface area contributed by atoms with E-state index in [2.05, 4.69) is 16.0 Å². The van der Waals surface area contributed by atoms with Crippen LogP contribution in [0.15, 0.2) is 48.5 Å². The highest BCUT2D eigenvalue weighted by atomic mass is 19.4. The molecular weight excluding hydrogens is 480 g/mol. The van der Waals surface area contributed by atoms with Crippen LogP contribution < -0.4 is 16.0 Å². The molecule has 2 aromatic rings. The maximum atomic E-state index is 13.2. The van der Waals surface area contributed by atoms with Gasteiger partial charge in [0.2, 0.25) is 0 Å². The SMILES string of the molecule is CC(OC[C@@H]1NCC2(NC(=O)NC2=O)C1c1ccccc1)c1cc(C(F)(F)F)cc(C(F)(F)F)c1. The predicted octanol–water partition coefficient (Wildman–Crippen LogP) is 4.14. The average Bonchev–Trinajstić information content (AvgIpc) is 3.29. The molecule has 35 heavy (non-hydrogen) atoms. The standard InChI is InChI=1S/C23H21F6N3O3/c1-12(14-7-15(22(24,25)26)9-16(8-14)23(27,28)29)35-10-17-18(13-5-3-2-4-6-13)21(11-30-17)19(33)31-20(34)32-21/h2-9,12,17-18,30H,10-11H2,1H3,(H2,31,32,33,34)/t12?,17-,18?,21?/m0/s1. The number of alkyl halides is 6. The van der Waals surface area contributed by atoms with Crippen molar-refractivity contribution in [1.29, 1.82) is 0 Å². The second-order valence-corrected chi connectivity index (χ2v) is 8.57. The molecule has 12 heteroatoms. The van der Waals surface area contributed by atoms with Crippen molar-refractivity contribution < 1.29 is 40.7 Å². The molecule has 2 aliphatic rings. The summed E-state index contributed by atoms with van der Waals surface area (Å²) in [4.78, 5) is 24.6. The van der Waals surface area contributed by atoms with Crippen LogP contribution in [-0.4, -0.2) is 36.7 Å². The minimum atomic E-state index is -4.97. The van der Waals surface area contributed by atoms with Gasteiger partial charge in [-0.1, -0.05) is 30.3 Å². The molecule has 2 aromatic carbocycles. The number of halogens is 6. The molecule has 2 heterocycles. The molecule has 2 saturated heterocycles. The van der Waals surface area contributed by atoms with Gasteiger partial charge in [-0.15, -0.1) is 0 Å². The zero-order valence-electron chi connectivity index (χ0n) is 18.3. The van der Waals surface area contributed by atoms with Crippen molar-refractivity contribution in [1.82, 2.24) is 16.0 Å². The Kier molecular flexibility index (Phi) is 6.30. The number of hydrogen-bond acceptors (Lipinski definition) is 4. The van der Waals surface area contributed by atoms with Gasteiger partial charge in [-0.2, -0.15) is 26.3 Å². The topological polar surface area (TPSA) is 79.5 Å². The second kappa shape index (κ2) is 8.83. The van der Waals surface area contributed by atoms with Gasteiger partial charge in [0.1, 0.15) is 5.54 Å². The minimum Gasteiger partial charge on any atom is -0.372 e. The molecule has 4 rings (SSSR count). The average molecular weight is 501 g/mol. The largest absolute Gasteiger partial charge is 0.416 e. The number of carbonyl (C=O) groups is 2. The molecule has 4 atom stereocenters. The van der Waals surface area contributed by atoms with E-state index in [-0.39, 0.29) is 24.8 Å². The van der Waals surface area contributed by atoms with E-state index < -0.39 is 59.0 Å². The van der Waals surface area contributed by atoms with E-state index in [9.17, 15) is 35.9 Å². The summed E-state index contributed by atoms with van der Waals surface area (Å²) in [5.41, 5.74) is -3.75. The molecule has 3 N–H and O–H groups in total. The Labute approximate surface area is 196 Å². The molecule has 0 bridgehead atoms. The third kappa shape index (κ3) is 4.85. The highest BCUT2D eigenvalue weighted by molar-refractivity contribution is 6.08. The summed E-state index contributed by atoms with van der Waals surface area (Å²) in [6.45, 7) is 1.26. The Morgan fingerprint density at radius 2 is 1.60 bits per heavy atom. The van der Waals surface area contributed by atoms with Crippen LogP contribution in [0.5, 0.6) is 0 Å². The molecule has 0 aromatic heterocycles. The van der Waals surface area contributed by atoms with Gasteiger partial charge in [0.25, 0.3) is 5.91 Å². The summed E-state index contributed by atoms with van der Waals surface area (Å²) < 4.78 is 85.0. The summed E-state index contributed by atoms with van der Waals surface area (Å²) in [7, 11) is 0. The summed E-state index contributed by atoms with van der Waals surface area (Å²) in [6, 6.07) is 8.87.